The van der Waals surface area contributed by atoms with Gasteiger partial charge in [0.05, 0.1) is 25.8 Å². The third-order valence-corrected chi connectivity index (χ3v) is 6.56. The second-order valence-corrected chi connectivity index (χ2v) is 8.66. The van der Waals surface area contributed by atoms with Gasteiger partial charge >= 0.3 is 0 Å². The quantitative estimate of drug-likeness (QED) is 0.399. The Bertz CT molecular complexity index is 1380. The molecule has 0 unspecified atom stereocenters. The van der Waals surface area contributed by atoms with Gasteiger partial charge in [-0.3, -0.25) is 9.69 Å². The Labute approximate surface area is 207 Å². The largest absolute Gasteiger partial charge is 0.497 e. The van der Waals surface area contributed by atoms with E-state index in [0.717, 1.165) is 11.1 Å². The van der Waals surface area contributed by atoms with Crippen molar-refractivity contribution in [3.63, 3.8) is 0 Å². The van der Waals surface area contributed by atoms with E-state index >= 15 is 0 Å². The van der Waals surface area contributed by atoms with Crippen LogP contribution in [0.15, 0.2) is 53.3 Å². The maximum atomic E-state index is 13.4. The molecule has 10 nitrogen and oxygen atoms in total. The molecule has 11 heteroatoms. The highest BCUT2D eigenvalue weighted by Crippen LogP contribution is 2.29. The Hall–Kier alpha value is -3.83. The number of nitrogens with one attached hydrogen (secondary N) is 1. The van der Waals surface area contributed by atoms with Crippen molar-refractivity contribution in [1.29, 1.82) is 0 Å². The Morgan fingerprint density at radius 3 is 2.56 bits per heavy atom. The van der Waals surface area contributed by atoms with E-state index in [1.54, 1.807) is 37.1 Å². The van der Waals surface area contributed by atoms with Crippen molar-refractivity contribution in [3.05, 3.63) is 76.1 Å². The average Bonchev–Trinajstić information content (AvgIpc) is 3.36. The van der Waals surface area contributed by atoms with E-state index in [4.69, 9.17) is 9.47 Å². The lowest BCUT2D eigenvalue weighted by Crippen LogP contribution is -2.49. The Morgan fingerprint density at radius 2 is 1.83 bits per heavy atom. The lowest BCUT2D eigenvalue weighted by molar-refractivity contribution is 0.171. The molecule has 1 aliphatic rings. The zero-order valence-corrected chi connectivity index (χ0v) is 20.2. The molecule has 0 aliphatic carbocycles. The molecule has 1 fully saturated rings. The summed E-state index contributed by atoms with van der Waals surface area (Å²) in [6, 6.07) is 13.6. The number of methoxy groups -OCH3 is 2. The topological polar surface area (TPSA) is 101 Å². The van der Waals surface area contributed by atoms with Gasteiger partial charge in [0.25, 0.3) is 5.56 Å². The molecule has 3 heterocycles. The first-order valence-electron chi connectivity index (χ1n) is 11.8. The number of hydrogen-bond donors (Lipinski definition) is 1. The number of aromatic amines is 1. The highest BCUT2D eigenvalue weighted by atomic mass is 19.1. The van der Waals surface area contributed by atoms with Gasteiger partial charge in [-0.2, -0.15) is 0 Å². The number of rotatable bonds is 8. The van der Waals surface area contributed by atoms with Crippen molar-refractivity contribution in [2.24, 2.45) is 0 Å². The summed E-state index contributed by atoms with van der Waals surface area (Å²) in [5.41, 5.74) is 2.02. The summed E-state index contributed by atoms with van der Waals surface area (Å²) in [5, 5.41) is 13.3. The van der Waals surface area contributed by atoms with Gasteiger partial charge in [-0.05, 0) is 58.3 Å². The summed E-state index contributed by atoms with van der Waals surface area (Å²) in [6.07, 6.45) is 0. The number of piperazine rings is 1. The fourth-order valence-corrected chi connectivity index (χ4v) is 4.66. The highest BCUT2D eigenvalue weighted by Gasteiger charge is 2.32. The van der Waals surface area contributed by atoms with Crippen molar-refractivity contribution in [2.45, 2.75) is 12.6 Å². The number of nitrogens with zero attached hydrogens (tertiary/aromatic N) is 6. The lowest BCUT2D eigenvalue weighted by atomic mass is 10.0. The molecular formula is C25H28FN7O3. The molecule has 5 rings (SSSR count). The van der Waals surface area contributed by atoms with E-state index in [2.05, 4.69) is 30.3 Å². The number of H-pyrrole nitrogens is 1. The second-order valence-electron chi connectivity index (χ2n) is 8.66. The molecule has 4 aromatic rings. The Morgan fingerprint density at radius 1 is 1.06 bits per heavy atom. The van der Waals surface area contributed by atoms with Crippen LogP contribution in [0.1, 0.15) is 17.4 Å². The fraction of sp³-hybridized carbons (Fsp3) is 0.360. The zero-order chi connectivity index (χ0) is 25.1. The van der Waals surface area contributed by atoms with Crippen molar-refractivity contribution in [3.8, 4) is 5.75 Å². The molecule has 36 heavy (non-hydrogen) atoms. The number of pyridine rings is 1. The van der Waals surface area contributed by atoms with Gasteiger partial charge in [0, 0.05) is 50.6 Å². The van der Waals surface area contributed by atoms with Gasteiger partial charge in [-0.15, -0.1) is 5.10 Å². The lowest BCUT2D eigenvalue weighted by Gasteiger charge is -2.39. The highest BCUT2D eigenvalue weighted by molar-refractivity contribution is 5.80. The van der Waals surface area contributed by atoms with Gasteiger partial charge in [0.15, 0.2) is 5.82 Å². The molecular weight excluding hydrogens is 465 g/mol. The van der Waals surface area contributed by atoms with Gasteiger partial charge in [-0.25, -0.2) is 9.07 Å². The van der Waals surface area contributed by atoms with Crippen LogP contribution in [-0.4, -0.2) is 77.1 Å². The molecule has 1 N–H and O–H groups in total. The Kier molecular flexibility index (Phi) is 6.92. The van der Waals surface area contributed by atoms with Gasteiger partial charge in [0.2, 0.25) is 0 Å². The minimum atomic E-state index is -0.456. The van der Waals surface area contributed by atoms with Crippen LogP contribution in [-0.2, 0) is 11.3 Å². The van der Waals surface area contributed by atoms with Gasteiger partial charge in [0.1, 0.15) is 17.6 Å². The average molecular weight is 494 g/mol. The number of tetrazole rings is 1. The van der Waals surface area contributed by atoms with E-state index < -0.39 is 6.04 Å². The summed E-state index contributed by atoms with van der Waals surface area (Å²) >= 11 is 0. The van der Waals surface area contributed by atoms with Crippen LogP contribution in [0.4, 0.5) is 10.1 Å². The smallest absolute Gasteiger partial charge is 0.253 e. The molecule has 1 aliphatic heterocycles. The SMILES string of the molecule is COCCn1nnnc1[C@H](c1cc2ccc(OC)cc2[nH]c1=O)N1CCN(c2ccc(F)cc2)CC1. The number of hydrogen-bond acceptors (Lipinski definition) is 8. The number of ether oxygens (including phenoxy) is 2. The normalized spacial score (nSPS) is 15.4. The maximum Gasteiger partial charge on any atom is 0.253 e. The van der Waals surface area contributed by atoms with E-state index in [0.29, 0.717) is 62.0 Å². The number of halogens is 1. The van der Waals surface area contributed by atoms with E-state index in [9.17, 15) is 9.18 Å². The fourth-order valence-electron chi connectivity index (χ4n) is 4.66. The first-order valence-corrected chi connectivity index (χ1v) is 11.8. The van der Waals surface area contributed by atoms with Crippen LogP contribution in [0.3, 0.4) is 0 Å². The summed E-state index contributed by atoms with van der Waals surface area (Å²) in [6.45, 7) is 3.66. The van der Waals surface area contributed by atoms with Crippen LogP contribution in [0.25, 0.3) is 10.9 Å². The van der Waals surface area contributed by atoms with Crippen molar-refractivity contribution in [1.82, 2.24) is 30.1 Å². The molecule has 188 valence electrons. The molecule has 0 bridgehead atoms. The second kappa shape index (κ2) is 10.4. The molecule has 0 spiro atoms. The molecule has 0 radical (unpaired) electrons. The van der Waals surface area contributed by atoms with Crippen LogP contribution in [0, 0.1) is 5.82 Å². The molecule has 2 aromatic heterocycles. The van der Waals surface area contributed by atoms with E-state index in [-0.39, 0.29) is 11.4 Å². The summed E-state index contributed by atoms with van der Waals surface area (Å²) in [4.78, 5) is 20.8. The van der Waals surface area contributed by atoms with Crippen LogP contribution in [0.2, 0.25) is 0 Å². The predicted octanol–water partition coefficient (Wildman–Crippen LogP) is 2.22. The summed E-state index contributed by atoms with van der Waals surface area (Å²) in [7, 11) is 3.22. The summed E-state index contributed by atoms with van der Waals surface area (Å²) in [5.74, 6) is 0.997. The molecule has 2 aromatic carbocycles. The molecule has 0 saturated carbocycles. The van der Waals surface area contributed by atoms with Crippen LogP contribution >= 0.6 is 0 Å². The minimum Gasteiger partial charge on any atom is -0.497 e. The van der Waals surface area contributed by atoms with Crippen molar-refractivity contribution < 1.29 is 13.9 Å². The molecule has 0 amide bonds. The van der Waals surface area contributed by atoms with E-state index in [1.807, 2.05) is 18.2 Å². The number of benzene rings is 2. The number of fused-ring (bicyclic) bond motifs is 1. The first-order chi connectivity index (χ1) is 17.6. The third-order valence-electron chi connectivity index (χ3n) is 6.56. The number of anilines is 1. The van der Waals surface area contributed by atoms with Crippen LogP contribution < -0.4 is 15.2 Å². The van der Waals surface area contributed by atoms with Crippen LogP contribution in [0.5, 0.6) is 5.75 Å². The Balaban J connectivity index is 1.50. The minimum absolute atomic E-state index is 0.206. The summed E-state index contributed by atoms with van der Waals surface area (Å²) < 4.78 is 25.6. The van der Waals surface area contributed by atoms with Crippen molar-refractivity contribution in [2.75, 3.05) is 51.9 Å². The standard InChI is InChI=1S/C25H28FN7O3/c1-35-14-13-33-24(28-29-30-33)23(21-15-17-3-8-20(36-2)16-22(17)27-25(21)34)32-11-9-31(10-12-32)19-6-4-18(26)5-7-19/h3-8,15-16,23H,9-14H2,1-2H3,(H,27,34)/t23-/m0/s1. The molecule has 1 saturated heterocycles. The first kappa shape index (κ1) is 23.9. The molecule has 1 atom stereocenters. The van der Waals surface area contributed by atoms with Crippen molar-refractivity contribution >= 4 is 16.6 Å². The number of aromatic nitrogens is 5. The maximum absolute atomic E-state index is 13.4. The zero-order valence-electron chi connectivity index (χ0n) is 20.2. The van der Waals surface area contributed by atoms with Gasteiger partial charge < -0.3 is 19.4 Å². The predicted molar refractivity (Wildman–Crippen MR) is 133 cm³/mol. The monoisotopic (exact) mass is 493 g/mol. The van der Waals surface area contributed by atoms with E-state index in [1.165, 1.54) is 12.1 Å². The van der Waals surface area contributed by atoms with Gasteiger partial charge in [-0.1, -0.05) is 0 Å². The third kappa shape index (κ3) is 4.79.